The molecule has 3 rings (SSSR count). The van der Waals surface area contributed by atoms with Gasteiger partial charge in [0.15, 0.2) is 0 Å². The average Bonchev–Trinajstić information content (AvgIpc) is 2.67. The summed E-state index contributed by atoms with van der Waals surface area (Å²) >= 11 is 3.45. The zero-order valence-corrected chi connectivity index (χ0v) is 17.2. The number of nitrogens with zero attached hydrogens (tertiary/aromatic N) is 2. The van der Waals surface area contributed by atoms with Gasteiger partial charge in [0.2, 0.25) is 5.88 Å². The van der Waals surface area contributed by atoms with Crippen molar-refractivity contribution in [2.75, 3.05) is 6.54 Å². The number of H-pyrrole nitrogens is 1. The predicted octanol–water partition coefficient (Wildman–Crippen LogP) is 3.27. The largest absolute Gasteiger partial charge is 0.493 e. The van der Waals surface area contributed by atoms with Gasteiger partial charge in [-0.25, -0.2) is 9.36 Å². The lowest BCUT2D eigenvalue weighted by molar-refractivity contribution is 0.430. The molecule has 7 heteroatoms. The second-order valence-electron chi connectivity index (χ2n) is 6.42. The molecule has 0 aliphatic heterocycles. The van der Waals surface area contributed by atoms with Crippen molar-refractivity contribution in [2.45, 2.75) is 20.3 Å². The second kappa shape index (κ2) is 8.39. The molecule has 0 radical (unpaired) electrons. The third kappa shape index (κ3) is 3.99. The highest BCUT2D eigenvalue weighted by molar-refractivity contribution is 9.10. The van der Waals surface area contributed by atoms with E-state index < -0.39 is 17.1 Å². The van der Waals surface area contributed by atoms with E-state index in [-0.39, 0.29) is 5.56 Å². The van der Waals surface area contributed by atoms with E-state index in [2.05, 4.69) is 25.9 Å². The number of rotatable bonds is 5. The normalized spacial score (nSPS) is 11.2. The highest BCUT2D eigenvalue weighted by atomic mass is 79.9. The standard InChI is InChI=1S/C21H20BrN3O3/c1-13-14(2)18(9-8-17(13)22)25-20(27)16(19(26)24-21(25)28)12-23-11-10-15-6-4-3-5-7-15/h3-9,12,27H,10-11H2,1-2H3,(H,24,26,28). The molecule has 0 aliphatic carbocycles. The molecule has 0 atom stereocenters. The van der Waals surface area contributed by atoms with E-state index >= 15 is 0 Å². The molecule has 0 saturated heterocycles. The number of hydrogen-bond donors (Lipinski definition) is 2. The number of aromatic hydroxyl groups is 1. The smallest absolute Gasteiger partial charge is 0.335 e. The summed E-state index contributed by atoms with van der Waals surface area (Å²) in [5, 5.41) is 10.6. The van der Waals surface area contributed by atoms with Crippen molar-refractivity contribution < 1.29 is 5.11 Å². The quantitative estimate of drug-likeness (QED) is 0.595. The fraction of sp³-hybridized carbons (Fsp3) is 0.190. The van der Waals surface area contributed by atoms with E-state index in [1.165, 1.54) is 6.21 Å². The van der Waals surface area contributed by atoms with Gasteiger partial charge >= 0.3 is 5.69 Å². The van der Waals surface area contributed by atoms with Crippen LogP contribution in [0, 0.1) is 13.8 Å². The molecule has 0 amide bonds. The summed E-state index contributed by atoms with van der Waals surface area (Å²) in [4.78, 5) is 31.1. The van der Waals surface area contributed by atoms with Crippen LogP contribution in [0.15, 0.2) is 61.5 Å². The summed E-state index contributed by atoms with van der Waals surface area (Å²) in [6.07, 6.45) is 2.02. The van der Waals surface area contributed by atoms with Crippen molar-refractivity contribution in [3.8, 4) is 11.6 Å². The van der Waals surface area contributed by atoms with Crippen LogP contribution in [0.25, 0.3) is 5.69 Å². The van der Waals surface area contributed by atoms with Crippen molar-refractivity contribution in [3.05, 3.63) is 90.0 Å². The van der Waals surface area contributed by atoms with E-state index in [1.54, 1.807) is 12.1 Å². The minimum absolute atomic E-state index is 0.0485. The number of aliphatic imine (C=N–C) groups is 1. The Kier molecular flexibility index (Phi) is 5.94. The molecule has 2 aromatic carbocycles. The highest BCUT2D eigenvalue weighted by Gasteiger charge is 2.16. The first-order valence-electron chi connectivity index (χ1n) is 8.78. The Bertz CT molecular complexity index is 1150. The number of aromatic amines is 1. The Labute approximate surface area is 170 Å². The first-order chi connectivity index (χ1) is 13.4. The summed E-state index contributed by atoms with van der Waals surface area (Å²) in [5.74, 6) is -0.429. The van der Waals surface area contributed by atoms with Crippen LogP contribution in [0.3, 0.4) is 0 Å². The average molecular weight is 442 g/mol. The predicted molar refractivity (Wildman–Crippen MR) is 114 cm³/mol. The molecular weight excluding hydrogens is 422 g/mol. The molecule has 0 bridgehead atoms. The molecular formula is C21H20BrN3O3. The van der Waals surface area contributed by atoms with E-state index in [4.69, 9.17) is 0 Å². The first kappa shape index (κ1) is 19.8. The molecule has 6 nitrogen and oxygen atoms in total. The fourth-order valence-corrected chi connectivity index (χ4v) is 3.32. The van der Waals surface area contributed by atoms with Gasteiger partial charge in [-0.2, -0.15) is 0 Å². The van der Waals surface area contributed by atoms with Crippen LogP contribution in [-0.4, -0.2) is 27.4 Å². The molecule has 1 heterocycles. The van der Waals surface area contributed by atoms with Gasteiger partial charge in [-0.15, -0.1) is 0 Å². The van der Waals surface area contributed by atoms with E-state index in [0.717, 1.165) is 25.7 Å². The summed E-state index contributed by atoms with van der Waals surface area (Å²) in [5.41, 5.74) is 1.95. The molecule has 0 aliphatic rings. The van der Waals surface area contributed by atoms with E-state index in [0.29, 0.717) is 18.7 Å². The first-order valence-corrected chi connectivity index (χ1v) is 9.57. The summed E-state index contributed by atoms with van der Waals surface area (Å²) in [7, 11) is 0. The lowest BCUT2D eigenvalue weighted by Gasteiger charge is -2.14. The number of nitrogens with one attached hydrogen (secondary N) is 1. The molecule has 0 spiro atoms. The molecule has 2 N–H and O–H groups in total. The van der Waals surface area contributed by atoms with E-state index in [1.807, 2.05) is 44.2 Å². The molecule has 0 fully saturated rings. The fourth-order valence-electron chi connectivity index (χ4n) is 2.89. The third-order valence-corrected chi connectivity index (χ3v) is 5.51. The lowest BCUT2D eigenvalue weighted by Crippen LogP contribution is -2.31. The van der Waals surface area contributed by atoms with Crippen molar-refractivity contribution in [2.24, 2.45) is 4.99 Å². The van der Waals surface area contributed by atoms with Gasteiger partial charge in [0.25, 0.3) is 5.56 Å². The van der Waals surface area contributed by atoms with Gasteiger partial charge < -0.3 is 5.11 Å². The Morgan fingerprint density at radius 3 is 2.54 bits per heavy atom. The van der Waals surface area contributed by atoms with Crippen LogP contribution in [-0.2, 0) is 6.42 Å². The van der Waals surface area contributed by atoms with Crippen LogP contribution in [0.5, 0.6) is 5.88 Å². The Morgan fingerprint density at radius 2 is 1.82 bits per heavy atom. The monoisotopic (exact) mass is 441 g/mol. The summed E-state index contributed by atoms with van der Waals surface area (Å²) in [6.45, 7) is 4.21. The molecule has 0 saturated carbocycles. The van der Waals surface area contributed by atoms with Crippen LogP contribution < -0.4 is 11.2 Å². The third-order valence-electron chi connectivity index (χ3n) is 4.65. The highest BCUT2D eigenvalue weighted by Crippen LogP contribution is 2.26. The zero-order chi connectivity index (χ0) is 20.3. The summed E-state index contributed by atoms with van der Waals surface area (Å²) in [6, 6.07) is 13.4. The van der Waals surface area contributed by atoms with Gasteiger partial charge in [0, 0.05) is 17.2 Å². The lowest BCUT2D eigenvalue weighted by atomic mass is 10.1. The SMILES string of the molecule is Cc1c(Br)ccc(-n2c(O)c(C=NCCc3ccccc3)c(=O)[nH]c2=O)c1C. The van der Waals surface area contributed by atoms with Gasteiger partial charge in [-0.3, -0.25) is 14.8 Å². The maximum atomic E-state index is 12.4. The zero-order valence-electron chi connectivity index (χ0n) is 15.6. The minimum atomic E-state index is -0.700. The van der Waals surface area contributed by atoms with Crippen molar-refractivity contribution in [1.82, 2.24) is 9.55 Å². The number of aromatic nitrogens is 2. The van der Waals surface area contributed by atoms with Gasteiger partial charge in [-0.05, 0) is 49.1 Å². The van der Waals surface area contributed by atoms with Crippen LogP contribution in [0.4, 0.5) is 0 Å². The number of benzene rings is 2. The van der Waals surface area contributed by atoms with Crippen molar-refractivity contribution in [3.63, 3.8) is 0 Å². The second-order valence-corrected chi connectivity index (χ2v) is 7.27. The molecule has 0 unspecified atom stereocenters. The summed E-state index contributed by atoms with van der Waals surface area (Å²) < 4.78 is 1.99. The minimum Gasteiger partial charge on any atom is -0.493 e. The van der Waals surface area contributed by atoms with Crippen molar-refractivity contribution >= 4 is 22.1 Å². The Balaban J connectivity index is 1.97. The topological polar surface area (TPSA) is 87.4 Å². The molecule has 3 aromatic rings. The Hall–Kier alpha value is -2.93. The maximum Gasteiger partial charge on any atom is 0.335 e. The maximum absolute atomic E-state index is 12.4. The molecule has 28 heavy (non-hydrogen) atoms. The van der Waals surface area contributed by atoms with Crippen LogP contribution >= 0.6 is 15.9 Å². The van der Waals surface area contributed by atoms with Crippen LogP contribution in [0.2, 0.25) is 0 Å². The Morgan fingerprint density at radius 1 is 1.11 bits per heavy atom. The van der Waals surface area contributed by atoms with Gasteiger partial charge in [0.1, 0.15) is 5.56 Å². The molecule has 1 aromatic heterocycles. The van der Waals surface area contributed by atoms with Gasteiger partial charge in [0.05, 0.1) is 5.69 Å². The van der Waals surface area contributed by atoms with Crippen molar-refractivity contribution in [1.29, 1.82) is 0 Å². The van der Waals surface area contributed by atoms with Crippen LogP contribution in [0.1, 0.15) is 22.3 Å². The van der Waals surface area contributed by atoms with Gasteiger partial charge in [-0.1, -0.05) is 46.3 Å². The number of hydrogen-bond acceptors (Lipinski definition) is 4. The number of halogens is 1. The molecule has 144 valence electrons. The van der Waals surface area contributed by atoms with E-state index in [9.17, 15) is 14.7 Å².